The van der Waals surface area contributed by atoms with Crippen LogP contribution >= 0.6 is 11.3 Å². The summed E-state index contributed by atoms with van der Waals surface area (Å²) in [6, 6.07) is 0. The molecule has 0 aliphatic carbocycles. The van der Waals surface area contributed by atoms with Crippen LogP contribution < -0.4 is 5.32 Å². The molecule has 0 aliphatic heterocycles. The summed E-state index contributed by atoms with van der Waals surface area (Å²) in [5, 5.41) is 6.57. The molecule has 0 spiro atoms. The Hall–Kier alpha value is -0.450. The Morgan fingerprint density at radius 2 is 2.31 bits per heavy atom. The van der Waals surface area contributed by atoms with Gasteiger partial charge in [0.1, 0.15) is 5.01 Å². The molecule has 0 radical (unpaired) electrons. The largest absolute Gasteiger partial charge is 0.374 e. The molecular weight excluding hydrogens is 220 g/mol. The number of ether oxygens (including phenoxy) is 1. The van der Waals surface area contributed by atoms with Gasteiger partial charge in [-0.15, -0.1) is 11.3 Å². The van der Waals surface area contributed by atoms with Crippen LogP contribution in [0.3, 0.4) is 0 Å². The maximum atomic E-state index is 5.45. The lowest BCUT2D eigenvalue weighted by atomic mass is 10.2. The number of nitrogens with zero attached hydrogens (tertiary/aromatic N) is 1. The van der Waals surface area contributed by atoms with E-state index in [1.807, 2.05) is 0 Å². The number of hydrogen-bond donors (Lipinski definition) is 1. The highest BCUT2D eigenvalue weighted by Crippen LogP contribution is 2.10. The normalized spacial score (nSPS) is 11.2. The second kappa shape index (κ2) is 7.76. The first-order valence-corrected chi connectivity index (χ1v) is 6.82. The summed E-state index contributed by atoms with van der Waals surface area (Å²) in [6.45, 7) is 9.91. The second-order valence-corrected chi connectivity index (χ2v) is 5.25. The van der Waals surface area contributed by atoms with Gasteiger partial charge in [0.05, 0.1) is 12.3 Å². The molecule has 0 unspecified atom stereocenters. The first-order valence-electron chi connectivity index (χ1n) is 5.94. The molecular formula is C12H22N2OS. The Morgan fingerprint density at radius 1 is 1.50 bits per heavy atom. The third-order valence-corrected chi connectivity index (χ3v) is 2.90. The van der Waals surface area contributed by atoms with Crippen molar-refractivity contribution in [2.24, 2.45) is 5.92 Å². The molecule has 0 atom stereocenters. The first kappa shape index (κ1) is 13.6. The lowest BCUT2D eigenvalue weighted by molar-refractivity contribution is 0.121. The Bertz CT molecular complexity index is 286. The van der Waals surface area contributed by atoms with Crippen molar-refractivity contribution >= 4 is 11.3 Å². The van der Waals surface area contributed by atoms with Crippen LogP contribution in [-0.2, 0) is 17.9 Å². The molecule has 1 rings (SSSR count). The van der Waals surface area contributed by atoms with E-state index in [1.54, 1.807) is 11.3 Å². The maximum absolute atomic E-state index is 5.45. The molecule has 92 valence electrons. The molecule has 4 heteroatoms. The van der Waals surface area contributed by atoms with E-state index in [-0.39, 0.29) is 0 Å². The molecule has 0 aliphatic rings. The van der Waals surface area contributed by atoms with Gasteiger partial charge in [-0.2, -0.15) is 0 Å². The van der Waals surface area contributed by atoms with E-state index in [1.165, 1.54) is 0 Å². The predicted octanol–water partition coefficient (Wildman–Crippen LogP) is 2.82. The van der Waals surface area contributed by atoms with Crippen LogP contribution in [0.15, 0.2) is 5.38 Å². The van der Waals surface area contributed by atoms with Crippen LogP contribution in [-0.4, -0.2) is 18.1 Å². The van der Waals surface area contributed by atoms with Crippen molar-refractivity contribution in [3.05, 3.63) is 16.1 Å². The molecule has 1 aromatic rings. The predicted molar refractivity (Wildman–Crippen MR) is 68.6 cm³/mol. The van der Waals surface area contributed by atoms with Gasteiger partial charge in [-0.05, 0) is 18.9 Å². The van der Waals surface area contributed by atoms with E-state index in [2.05, 4.69) is 36.5 Å². The number of aromatic nitrogens is 1. The molecule has 3 nitrogen and oxygen atoms in total. The zero-order chi connectivity index (χ0) is 11.8. The van der Waals surface area contributed by atoms with Crippen LogP contribution in [0.1, 0.15) is 37.9 Å². The molecule has 0 amide bonds. The van der Waals surface area contributed by atoms with Crippen molar-refractivity contribution in [3.63, 3.8) is 0 Å². The molecule has 1 N–H and O–H groups in total. The standard InChI is InChI=1S/C12H22N2OS/c1-4-5-15-8-12-14-11(9-16-12)7-13-6-10(2)3/h9-10,13H,4-8H2,1-3H3. The van der Waals surface area contributed by atoms with Gasteiger partial charge in [0.2, 0.25) is 0 Å². The first-order chi connectivity index (χ1) is 7.72. The monoisotopic (exact) mass is 242 g/mol. The van der Waals surface area contributed by atoms with Gasteiger partial charge in [0.25, 0.3) is 0 Å². The van der Waals surface area contributed by atoms with Crippen molar-refractivity contribution < 1.29 is 4.74 Å². The van der Waals surface area contributed by atoms with Crippen LogP contribution in [0.4, 0.5) is 0 Å². The summed E-state index contributed by atoms with van der Waals surface area (Å²) in [5.74, 6) is 0.686. The minimum absolute atomic E-state index is 0.655. The average molecular weight is 242 g/mol. The van der Waals surface area contributed by atoms with Crippen molar-refractivity contribution in [1.29, 1.82) is 0 Å². The van der Waals surface area contributed by atoms with E-state index in [4.69, 9.17) is 4.74 Å². The minimum atomic E-state index is 0.655. The molecule has 1 heterocycles. The maximum Gasteiger partial charge on any atom is 0.119 e. The van der Waals surface area contributed by atoms with Crippen molar-refractivity contribution in [1.82, 2.24) is 10.3 Å². The van der Waals surface area contributed by atoms with Gasteiger partial charge < -0.3 is 10.1 Å². The molecule has 1 aromatic heterocycles. The van der Waals surface area contributed by atoms with Gasteiger partial charge >= 0.3 is 0 Å². The fraction of sp³-hybridized carbons (Fsp3) is 0.750. The van der Waals surface area contributed by atoms with Crippen LogP contribution in [0.5, 0.6) is 0 Å². The van der Waals surface area contributed by atoms with Gasteiger partial charge in [0.15, 0.2) is 0 Å². The zero-order valence-corrected chi connectivity index (χ0v) is 11.3. The van der Waals surface area contributed by atoms with E-state index in [0.29, 0.717) is 12.5 Å². The third kappa shape index (κ3) is 5.58. The molecule has 0 fully saturated rings. The summed E-state index contributed by atoms with van der Waals surface area (Å²) in [4.78, 5) is 4.51. The minimum Gasteiger partial charge on any atom is -0.374 e. The van der Waals surface area contributed by atoms with Gasteiger partial charge in [0, 0.05) is 18.5 Å². The van der Waals surface area contributed by atoms with Crippen molar-refractivity contribution in [2.75, 3.05) is 13.2 Å². The highest BCUT2D eigenvalue weighted by atomic mass is 32.1. The Kier molecular flexibility index (Phi) is 6.61. The summed E-state index contributed by atoms with van der Waals surface area (Å²) < 4.78 is 5.45. The third-order valence-electron chi connectivity index (χ3n) is 2.03. The van der Waals surface area contributed by atoms with Crippen LogP contribution in [0.2, 0.25) is 0 Å². The lowest BCUT2D eigenvalue weighted by Gasteiger charge is -2.04. The number of rotatable bonds is 8. The quantitative estimate of drug-likeness (QED) is 0.712. The average Bonchev–Trinajstić information content (AvgIpc) is 2.66. The lowest BCUT2D eigenvalue weighted by Crippen LogP contribution is -2.19. The number of thiazole rings is 1. The molecule has 0 saturated heterocycles. The number of hydrogen-bond acceptors (Lipinski definition) is 4. The van der Waals surface area contributed by atoms with E-state index < -0.39 is 0 Å². The molecule has 0 saturated carbocycles. The summed E-state index contributed by atoms with van der Waals surface area (Å²) >= 11 is 1.68. The van der Waals surface area contributed by atoms with Gasteiger partial charge in [-0.1, -0.05) is 20.8 Å². The Labute approximate surface area is 102 Å². The molecule has 16 heavy (non-hydrogen) atoms. The summed E-state index contributed by atoms with van der Waals surface area (Å²) in [5.41, 5.74) is 1.13. The Balaban J connectivity index is 2.22. The Morgan fingerprint density at radius 3 is 3.00 bits per heavy atom. The highest BCUT2D eigenvalue weighted by Gasteiger charge is 2.02. The highest BCUT2D eigenvalue weighted by molar-refractivity contribution is 7.09. The van der Waals surface area contributed by atoms with Crippen LogP contribution in [0.25, 0.3) is 0 Å². The smallest absolute Gasteiger partial charge is 0.119 e. The SMILES string of the molecule is CCCOCc1nc(CNCC(C)C)cs1. The molecule has 0 bridgehead atoms. The fourth-order valence-corrected chi connectivity index (χ4v) is 2.02. The number of nitrogens with one attached hydrogen (secondary N) is 1. The van der Waals surface area contributed by atoms with Gasteiger partial charge in [-0.25, -0.2) is 4.98 Å². The summed E-state index contributed by atoms with van der Waals surface area (Å²) in [6.07, 6.45) is 1.06. The summed E-state index contributed by atoms with van der Waals surface area (Å²) in [7, 11) is 0. The van der Waals surface area contributed by atoms with E-state index >= 15 is 0 Å². The topological polar surface area (TPSA) is 34.1 Å². The molecule has 0 aromatic carbocycles. The van der Waals surface area contributed by atoms with Crippen molar-refractivity contribution in [3.8, 4) is 0 Å². The zero-order valence-electron chi connectivity index (χ0n) is 10.5. The van der Waals surface area contributed by atoms with E-state index in [0.717, 1.165) is 36.8 Å². The van der Waals surface area contributed by atoms with E-state index in [9.17, 15) is 0 Å². The fourth-order valence-electron chi connectivity index (χ4n) is 1.29. The van der Waals surface area contributed by atoms with Gasteiger partial charge in [-0.3, -0.25) is 0 Å². The van der Waals surface area contributed by atoms with Crippen LogP contribution in [0, 0.1) is 5.92 Å². The van der Waals surface area contributed by atoms with Crippen molar-refractivity contribution in [2.45, 2.75) is 40.3 Å². The second-order valence-electron chi connectivity index (χ2n) is 4.31.